The predicted molar refractivity (Wildman–Crippen MR) is 107 cm³/mol. The highest BCUT2D eigenvalue weighted by Gasteiger charge is 2.14. The second kappa shape index (κ2) is 11.1. The zero-order valence-electron chi connectivity index (χ0n) is 15.7. The lowest BCUT2D eigenvalue weighted by Crippen LogP contribution is -2.32. The summed E-state index contributed by atoms with van der Waals surface area (Å²) >= 11 is 0. The summed E-state index contributed by atoms with van der Waals surface area (Å²) in [6.45, 7) is 1.85. The average Bonchev–Trinajstić information content (AvgIpc) is 2.76. The van der Waals surface area contributed by atoms with Gasteiger partial charge in [-0.3, -0.25) is 4.79 Å². The van der Waals surface area contributed by atoms with Gasteiger partial charge in [0.25, 0.3) is 5.91 Å². The van der Waals surface area contributed by atoms with Gasteiger partial charge in [0.1, 0.15) is 18.2 Å². The van der Waals surface area contributed by atoms with E-state index in [4.69, 9.17) is 14.3 Å². The summed E-state index contributed by atoms with van der Waals surface area (Å²) in [5, 5.41) is 3.19. The molecule has 0 radical (unpaired) electrons. The highest BCUT2D eigenvalue weighted by molar-refractivity contribution is 5.90. The largest absolute Gasteiger partial charge is 0.492 e. The van der Waals surface area contributed by atoms with Gasteiger partial charge in [-0.05, 0) is 48.7 Å². The molecule has 1 aliphatic heterocycles. The van der Waals surface area contributed by atoms with Crippen molar-refractivity contribution in [1.29, 1.82) is 0 Å². The van der Waals surface area contributed by atoms with Crippen LogP contribution in [0, 0.1) is 0 Å². The fraction of sp³-hybridized carbons (Fsp3) is 0.333. The highest BCUT2D eigenvalue weighted by atomic mass is 16.8. The minimum absolute atomic E-state index is 0.338. The van der Waals surface area contributed by atoms with Crippen LogP contribution in [0.4, 0.5) is 5.82 Å². The zero-order chi connectivity index (χ0) is 19.4. The highest BCUT2D eigenvalue weighted by Crippen LogP contribution is 2.12. The molecule has 1 unspecified atom stereocenters. The lowest BCUT2D eigenvalue weighted by atomic mass is 10.2. The molecule has 1 fully saturated rings. The van der Waals surface area contributed by atoms with E-state index in [1.54, 1.807) is 12.3 Å². The van der Waals surface area contributed by atoms with Gasteiger partial charge in [0, 0.05) is 25.3 Å². The van der Waals surface area contributed by atoms with Gasteiger partial charge < -0.3 is 14.8 Å². The number of hydroxylamine groups is 1. The minimum Gasteiger partial charge on any atom is -0.492 e. The molecule has 1 amide bonds. The number of rotatable bonds is 9. The number of pyridine rings is 1. The van der Waals surface area contributed by atoms with Crippen molar-refractivity contribution in [1.82, 2.24) is 10.5 Å². The summed E-state index contributed by atoms with van der Waals surface area (Å²) in [6.07, 6.45) is 7.28. The SMILES string of the molecule is O=C(/C=C/c1ccc(NCCOc2ccccc2)nc1)NOC1CCCCO1. The molecule has 1 aromatic carbocycles. The van der Waals surface area contributed by atoms with Crippen molar-refractivity contribution < 1.29 is 19.1 Å². The number of anilines is 1. The van der Waals surface area contributed by atoms with Crippen LogP contribution in [0.15, 0.2) is 54.7 Å². The second-order valence-corrected chi connectivity index (χ2v) is 6.28. The Labute approximate surface area is 164 Å². The average molecular weight is 383 g/mol. The maximum absolute atomic E-state index is 11.8. The number of nitrogens with one attached hydrogen (secondary N) is 2. The van der Waals surface area contributed by atoms with Crippen molar-refractivity contribution in [2.24, 2.45) is 0 Å². The third-order valence-corrected chi connectivity index (χ3v) is 4.06. The summed E-state index contributed by atoms with van der Waals surface area (Å²) in [6, 6.07) is 13.4. The molecule has 1 aliphatic rings. The zero-order valence-corrected chi connectivity index (χ0v) is 15.7. The van der Waals surface area contributed by atoms with Crippen molar-refractivity contribution >= 4 is 17.8 Å². The summed E-state index contributed by atoms with van der Waals surface area (Å²) in [4.78, 5) is 21.3. The molecule has 1 saturated heterocycles. The first-order valence-corrected chi connectivity index (χ1v) is 9.43. The topological polar surface area (TPSA) is 81.7 Å². The van der Waals surface area contributed by atoms with Gasteiger partial charge in [0.05, 0.1) is 6.54 Å². The third kappa shape index (κ3) is 7.02. The molecule has 0 saturated carbocycles. The summed E-state index contributed by atoms with van der Waals surface area (Å²) in [5.74, 6) is 1.25. The van der Waals surface area contributed by atoms with Crippen molar-refractivity contribution in [2.45, 2.75) is 25.6 Å². The van der Waals surface area contributed by atoms with Gasteiger partial charge in [-0.1, -0.05) is 18.2 Å². The fourth-order valence-corrected chi connectivity index (χ4v) is 2.61. The maximum Gasteiger partial charge on any atom is 0.267 e. The Morgan fingerprint density at radius 3 is 2.86 bits per heavy atom. The molecule has 7 nitrogen and oxygen atoms in total. The molecule has 148 valence electrons. The second-order valence-electron chi connectivity index (χ2n) is 6.28. The van der Waals surface area contributed by atoms with E-state index < -0.39 is 0 Å². The van der Waals surface area contributed by atoms with E-state index in [1.807, 2.05) is 42.5 Å². The Bertz CT molecular complexity index is 744. The molecular weight excluding hydrogens is 358 g/mol. The van der Waals surface area contributed by atoms with Crippen molar-refractivity contribution in [3.8, 4) is 5.75 Å². The van der Waals surface area contributed by atoms with Gasteiger partial charge in [-0.2, -0.15) is 0 Å². The van der Waals surface area contributed by atoms with Crippen molar-refractivity contribution in [3.63, 3.8) is 0 Å². The first kappa shape index (κ1) is 19.9. The van der Waals surface area contributed by atoms with Crippen LogP contribution >= 0.6 is 0 Å². The Balaban J connectivity index is 1.35. The van der Waals surface area contributed by atoms with Crippen LogP contribution in [0.1, 0.15) is 24.8 Å². The van der Waals surface area contributed by atoms with Gasteiger partial charge in [0.15, 0.2) is 6.29 Å². The molecule has 3 rings (SSSR count). The van der Waals surface area contributed by atoms with E-state index in [-0.39, 0.29) is 12.2 Å². The minimum atomic E-state index is -0.357. The molecule has 0 spiro atoms. The number of carbonyl (C=O) groups excluding carboxylic acids is 1. The number of hydrogen-bond donors (Lipinski definition) is 2. The molecule has 2 N–H and O–H groups in total. The lowest BCUT2D eigenvalue weighted by Gasteiger charge is -2.21. The first-order valence-electron chi connectivity index (χ1n) is 9.43. The number of aromatic nitrogens is 1. The smallest absolute Gasteiger partial charge is 0.267 e. The van der Waals surface area contributed by atoms with Crippen LogP contribution in [0.2, 0.25) is 0 Å². The molecular formula is C21H25N3O4. The van der Waals surface area contributed by atoms with Gasteiger partial charge in [-0.15, -0.1) is 0 Å². The number of ether oxygens (including phenoxy) is 2. The third-order valence-electron chi connectivity index (χ3n) is 4.06. The summed E-state index contributed by atoms with van der Waals surface area (Å²) in [7, 11) is 0. The van der Waals surface area contributed by atoms with E-state index in [0.717, 1.165) is 36.4 Å². The van der Waals surface area contributed by atoms with E-state index in [2.05, 4.69) is 15.8 Å². The number of para-hydroxylation sites is 1. The van der Waals surface area contributed by atoms with E-state index in [1.165, 1.54) is 6.08 Å². The Kier molecular flexibility index (Phi) is 7.84. The van der Waals surface area contributed by atoms with Gasteiger partial charge >= 0.3 is 0 Å². The van der Waals surface area contributed by atoms with Crippen LogP contribution in [0.5, 0.6) is 5.75 Å². The van der Waals surface area contributed by atoms with Gasteiger partial charge in [-0.25, -0.2) is 15.3 Å². The van der Waals surface area contributed by atoms with E-state index >= 15 is 0 Å². The number of carbonyl (C=O) groups is 1. The summed E-state index contributed by atoms with van der Waals surface area (Å²) in [5.41, 5.74) is 3.20. The van der Waals surface area contributed by atoms with Crippen LogP contribution < -0.4 is 15.5 Å². The fourth-order valence-electron chi connectivity index (χ4n) is 2.61. The number of hydrogen-bond acceptors (Lipinski definition) is 6. The Hall–Kier alpha value is -2.90. The summed E-state index contributed by atoms with van der Waals surface area (Å²) < 4.78 is 11.0. The molecule has 1 aromatic heterocycles. The normalized spacial score (nSPS) is 16.6. The molecule has 28 heavy (non-hydrogen) atoms. The maximum atomic E-state index is 11.8. The Morgan fingerprint density at radius 1 is 1.21 bits per heavy atom. The van der Waals surface area contributed by atoms with Crippen molar-refractivity contribution in [2.75, 3.05) is 25.1 Å². The van der Waals surface area contributed by atoms with Gasteiger partial charge in [0.2, 0.25) is 0 Å². The quantitative estimate of drug-likeness (QED) is 0.393. The standard InChI is InChI=1S/C21H25N3O4/c25-20(24-28-21-8-4-5-14-27-21)12-10-17-9-11-19(23-16-17)22-13-15-26-18-6-2-1-3-7-18/h1-3,6-7,9-12,16,21H,4-5,8,13-15H2,(H,22,23)(H,24,25)/b12-10+. The monoisotopic (exact) mass is 383 g/mol. The number of amides is 1. The molecule has 0 aliphatic carbocycles. The first-order chi connectivity index (χ1) is 13.8. The van der Waals surface area contributed by atoms with Crippen molar-refractivity contribution in [3.05, 3.63) is 60.3 Å². The molecule has 1 atom stereocenters. The molecule has 2 heterocycles. The van der Waals surface area contributed by atoms with E-state index in [9.17, 15) is 4.79 Å². The molecule has 0 bridgehead atoms. The van der Waals surface area contributed by atoms with E-state index in [0.29, 0.717) is 19.8 Å². The van der Waals surface area contributed by atoms with Crippen LogP contribution in [0.3, 0.4) is 0 Å². The molecule has 7 heteroatoms. The number of nitrogens with zero attached hydrogens (tertiary/aromatic N) is 1. The number of benzene rings is 1. The predicted octanol–water partition coefficient (Wildman–Crippen LogP) is 3.16. The van der Waals surface area contributed by atoms with Crippen LogP contribution in [-0.4, -0.2) is 36.9 Å². The molecule has 2 aromatic rings. The van der Waals surface area contributed by atoms with Crippen LogP contribution in [0.25, 0.3) is 6.08 Å². The Morgan fingerprint density at radius 2 is 2.11 bits per heavy atom. The lowest BCUT2D eigenvalue weighted by molar-refractivity contribution is -0.198. The van der Waals surface area contributed by atoms with Crippen LogP contribution in [-0.2, 0) is 14.4 Å².